The number of nitrogens with zero attached hydrogens (tertiary/aromatic N) is 2. The lowest BCUT2D eigenvalue weighted by molar-refractivity contribution is -0.136. The van der Waals surface area contributed by atoms with Crippen molar-refractivity contribution in [3.05, 3.63) is 29.1 Å². The molecule has 0 spiro atoms. The van der Waals surface area contributed by atoms with Crippen LogP contribution in [0.4, 0.5) is 5.13 Å². The minimum Gasteiger partial charge on any atom is -0.497 e. The van der Waals surface area contributed by atoms with Crippen LogP contribution in [0.15, 0.2) is 24.3 Å². The van der Waals surface area contributed by atoms with Crippen LogP contribution in [0.1, 0.15) is 17.7 Å². The number of carboxylic acids is 1. The highest BCUT2D eigenvalue weighted by molar-refractivity contribution is 7.16. The smallest absolute Gasteiger partial charge is 0.308 e. The van der Waals surface area contributed by atoms with Crippen LogP contribution in [0.25, 0.3) is 11.3 Å². The topological polar surface area (TPSA) is 62.7 Å². The molecule has 6 heteroatoms. The third-order valence-corrected chi connectivity index (χ3v) is 4.85. The summed E-state index contributed by atoms with van der Waals surface area (Å²) in [6, 6.07) is 7.59. The number of hydrogen-bond acceptors (Lipinski definition) is 5. The van der Waals surface area contributed by atoms with Gasteiger partial charge in [-0.25, -0.2) is 4.98 Å². The van der Waals surface area contributed by atoms with E-state index in [1.807, 2.05) is 24.3 Å². The molecule has 1 saturated heterocycles. The molecule has 116 valence electrons. The van der Waals surface area contributed by atoms with Gasteiger partial charge in [-0.3, -0.25) is 4.79 Å². The van der Waals surface area contributed by atoms with E-state index in [2.05, 4.69) is 4.90 Å². The van der Waals surface area contributed by atoms with Gasteiger partial charge in [0.15, 0.2) is 5.13 Å². The Labute approximate surface area is 133 Å². The highest BCUT2D eigenvalue weighted by Crippen LogP contribution is 2.35. The normalized spacial score (nSPS) is 14.3. The van der Waals surface area contributed by atoms with Gasteiger partial charge in [-0.05, 0) is 37.1 Å². The first-order valence-corrected chi connectivity index (χ1v) is 8.10. The number of rotatable bonds is 5. The molecule has 0 atom stereocenters. The van der Waals surface area contributed by atoms with E-state index in [0.717, 1.165) is 40.1 Å². The second kappa shape index (κ2) is 6.36. The molecular formula is C16H18N2O3S. The Morgan fingerprint density at radius 3 is 2.59 bits per heavy atom. The van der Waals surface area contributed by atoms with Gasteiger partial charge in [-0.2, -0.15) is 0 Å². The molecule has 1 aromatic carbocycles. The summed E-state index contributed by atoms with van der Waals surface area (Å²) in [5, 5.41) is 10.1. The summed E-state index contributed by atoms with van der Waals surface area (Å²) in [6.45, 7) is 2.00. The summed E-state index contributed by atoms with van der Waals surface area (Å²) >= 11 is 1.49. The van der Waals surface area contributed by atoms with Gasteiger partial charge in [0.1, 0.15) is 5.75 Å². The van der Waals surface area contributed by atoms with Gasteiger partial charge in [-0.1, -0.05) is 0 Å². The van der Waals surface area contributed by atoms with Gasteiger partial charge in [-0.15, -0.1) is 11.3 Å². The molecule has 22 heavy (non-hydrogen) atoms. The number of aliphatic carboxylic acids is 1. The fourth-order valence-electron chi connectivity index (χ4n) is 2.61. The molecule has 0 bridgehead atoms. The van der Waals surface area contributed by atoms with Crippen LogP contribution >= 0.6 is 11.3 Å². The number of carbonyl (C=O) groups is 1. The van der Waals surface area contributed by atoms with Crippen molar-refractivity contribution < 1.29 is 14.6 Å². The van der Waals surface area contributed by atoms with Gasteiger partial charge < -0.3 is 14.7 Å². The number of benzene rings is 1. The first kappa shape index (κ1) is 14.8. The molecule has 1 N–H and O–H groups in total. The second-order valence-electron chi connectivity index (χ2n) is 5.26. The zero-order valence-electron chi connectivity index (χ0n) is 12.4. The molecule has 0 radical (unpaired) electrons. The Bertz CT molecular complexity index is 661. The van der Waals surface area contributed by atoms with Crippen molar-refractivity contribution in [2.24, 2.45) is 0 Å². The number of thiazole rings is 1. The van der Waals surface area contributed by atoms with Crippen molar-refractivity contribution in [2.75, 3.05) is 25.1 Å². The molecule has 1 aliphatic rings. The van der Waals surface area contributed by atoms with E-state index in [0.29, 0.717) is 0 Å². The molecule has 3 rings (SSSR count). The number of methoxy groups -OCH3 is 1. The van der Waals surface area contributed by atoms with Crippen LogP contribution in [0, 0.1) is 0 Å². The summed E-state index contributed by atoms with van der Waals surface area (Å²) < 4.78 is 5.17. The molecule has 0 aliphatic carbocycles. The van der Waals surface area contributed by atoms with E-state index in [1.54, 1.807) is 7.11 Å². The fraction of sp³-hybridized carbons (Fsp3) is 0.375. The Hall–Kier alpha value is -2.08. The van der Waals surface area contributed by atoms with Crippen LogP contribution < -0.4 is 9.64 Å². The molecule has 2 heterocycles. The lowest BCUT2D eigenvalue weighted by atomic mass is 10.1. The fourth-order valence-corrected chi connectivity index (χ4v) is 3.74. The first-order valence-electron chi connectivity index (χ1n) is 7.28. The average Bonchev–Trinajstić information content (AvgIpc) is 3.16. The second-order valence-corrected chi connectivity index (χ2v) is 6.32. The van der Waals surface area contributed by atoms with Crippen LogP contribution in [0.5, 0.6) is 5.75 Å². The largest absolute Gasteiger partial charge is 0.497 e. The summed E-state index contributed by atoms with van der Waals surface area (Å²) in [5.74, 6) is -0.0510. The maximum Gasteiger partial charge on any atom is 0.308 e. The number of carboxylic acid groups (broad SMARTS) is 1. The molecule has 1 aromatic heterocycles. The highest BCUT2D eigenvalue weighted by Gasteiger charge is 2.21. The van der Waals surface area contributed by atoms with Crippen molar-refractivity contribution in [3.8, 4) is 17.0 Å². The first-order chi connectivity index (χ1) is 10.7. The van der Waals surface area contributed by atoms with E-state index < -0.39 is 5.97 Å². The molecule has 5 nitrogen and oxygen atoms in total. The minimum atomic E-state index is -0.827. The lowest BCUT2D eigenvalue weighted by Crippen LogP contribution is -2.17. The van der Waals surface area contributed by atoms with Crippen LogP contribution in [-0.4, -0.2) is 36.3 Å². The van der Waals surface area contributed by atoms with Crippen LogP contribution in [0.2, 0.25) is 0 Å². The molecule has 1 fully saturated rings. The predicted molar refractivity (Wildman–Crippen MR) is 86.9 cm³/mol. The maximum atomic E-state index is 11.1. The van der Waals surface area contributed by atoms with Gasteiger partial charge in [0.2, 0.25) is 0 Å². The van der Waals surface area contributed by atoms with Gasteiger partial charge in [0, 0.05) is 23.5 Å². The monoisotopic (exact) mass is 318 g/mol. The van der Waals surface area contributed by atoms with Crippen molar-refractivity contribution >= 4 is 22.4 Å². The molecule has 1 aliphatic heterocycles. The van der Waals surface area contributed by atoms with Crippen molar-refractivity contribution in [2.45, 2.75) is 19.3 Å². The quantitative estimate of drug-likeness (QED) is 0.918. The van der Waals surface area contributed by atoms with E-state index in [1.165, 1.54) is 24.2 Å². The van der Waals surface area contributed by atoms with Crippen molar-refractivity contribution in [3.63, 3.8) is 0 Å². The Morgan fingerprint density at radius 1 is 1.32 bits per heavy atom. The van der Waals surface area contributed by atoms with E-state index >= 15 is 0 Å². The standard InChI is InChI=1S/C16H18N2O3S/c1-21-12-6-4-11(5-7-12)15-13(10-14(19)20)22-16(17-15)18-8-2-3-9-18/h4-7H,2-3,8-10H2,1H3,(H,19,20). The van der Waals surface area contributed by atoms with Crippen molar-refractivity contribution in [1.82, 2.24) is 4.98 Å². The number of ether oxygens (including phenoxy) is 1. The van der Waals surface area contributed by atoms with Gasteiger partial charge in [0.05, 0.1) is 19.2 Å². The van der Waals surface area contributed by atoms with Gasteiger partial charge in [0.25, 0.3) is 0 Å². The number of anilines is 1. The van der Waals surface area contributed by atoms with E-state index in [4.69, 9.17) is 14.8 Å². The Kier molecular flexibility index (Phi) is 4.29. The van der Waals surface area contributed by atoms with Gasteiger partial charge >= 0.3 is 5.97 Å². The van der Waals surface area contributed by atoms with Crippen LogP contribution in [0.3, 0.4) is 0 Å². The number of hydrogen-bond donors (Lipinski definition) is 1. The van der Waals surface area contributed by atoms with E-state index in [-0.39, 0.29) is 6.42 Å². The summed E-state index contributed by atoms with van der Waals surface area (Å²) in [6.07, 6.45) is 2.35. The predicted octanol–water partition coefficient (Wildman–Crippen LogP) is 3.05. The van der Waals surface area contributed by atoms with E-state index in [9.17, 15) is 4.79 Å². The molecule has 0 unspecified atom stereocenters. The lowest BCUT2D eigenvalue weighted by Gasteiger charge is -2.12. The number of aromatic nitrogens is 1. The van der Waals surface area contributed by atoms with Crippen molar-refractivity contribution in [1.29, 1.82) is 0 Å². The third-order valence-electron chi connectivity index (χ3n) is 3.74. The molecule has 0 amide bonds. The molecule has 2 aromatic rings. The average molecular weight is 318 g/mol. The maximum absolute atomic E-state index is 11.1. The zero-order valence-corrected chi connectivity index (χ0v) is 13.2. The SMILES string of the molecule is COc1ccc(-c2nc(N3CCCC3)sc2CC(=O)O)cc1. The third kappa shape index (κ3) is 3.06. The zero-order chi connectivity index (χ0) is 15.5. The summed E-state index contributed by atoms with van der Waals surface area (Å²) in [5.41, 5.74) is 1.70. The Balaban J connectivity index is 1.97. The van der Waals surface area contributed by atoms with Crippen LogP contribution in [-0.2, 0) is 11.2 Å². The minimum absolute atomic E-state index is 0.00681. The molecular weight excluding hydrogens is 300 g/mol. The summed E-state index contributed by atoms with van der Waals surface area (Å²) in [7, 11) is 1.62. The Morgan fingerprint density at radius 2 is 2.00 bits per heavy atom. The summed E-state index contributed by atoms with van der Waals surface area (Å²) in [4.78, 5) is 18.9. The highest BCUT2D eigenvalue weighted by atomic mass is 32.1. The molecule has 0 saturated carbocycles.